The van der Waals surface area contributed by atoms with Crippen molar-refractivity contribution in [2.45, 2.75) is 24.7 Å². The van der Waals surface area contributed by atoms with Crippen LogP contribution in [0.25, 0.3) is 0 Å². The number of rotatable bonds is 7. The van der Waals surface area contributed by atoms with Gasteiger partial charge in [-0.2, -0.15) is 0 Å². The van der Waals surface area contributed by atoms with E-state index in [1.165, 1.54) is 11.8 Å². The second-order valence-corrected chi connectivity index (χ2v) is 9.48. The number of benzene rings is 1. The molecule has 0 saturated carbocycles. The van der Waals surface area contributed by atoms with Gasteiger partial charge in [0.2, 0.25) is 6.10 Å². The molecule has 148 valence electrons. The van der Waals surface area contributed by atoms with E-state index < -0.39 is 33.8 Å². The maximum Gasteiger partial charge on any atom is 0.321 e. The number of imide groups is 1. The molecule has 2 atom stereocenters. The molecule has 1 fully saturated rings. The number of amides is 3. The summed E-state index contributed by atoms with van der Waals surface area (Å²) in [5.41, 5.74) is 0.432. The third-order valence-electron chi connectivity index (χ3n) is 3.79. The Morgan fingerprint density at radius 3 is 2.56 bits per heavy atom. The maximum absolute atomic E-state index is 12.4. The van der Waals surface area contributed by atoms with Crippen molar-refractivity contribution in [1.82, 2.24) is 10.6 Å². The maximum atomic E-state index is 12.4. The third-order valence-corrected chi connectivity index (χ3v) is 7.05. The molecule has 0 bridgehead atoms. The smallest absolute Gasteiger partial charge is 0.321 e. The molecular formula is C17H22N2O6S2. The fourth-order valence-corrected chi connectivity index (χ4v) is 5.95. The highest BCUT2D eigenvalue weighted by Gasteiger charge is 2.30. The third kappa shape index (κ3) is 6.87. The van der Waals surface area contributed by atoms with Crippen LogP contribution < -0.4 is 10.6 Å². The second-order valence-electron chi connectivity index (χ2n) is 5.97. The minimum absolute atomic E-state index is 0.0464. The van der Waals surface area contributed by atoms with Gasteiger partial charge in [0.05, 0.1) is 17.3 Å². The molecule has 27 heavy (non-hydrogen) atoms. The van der Waals surface area contributed by atoms with Crippen LogP contribution in [0.4, 0.5) is 4.79 Å². The Bertz CT molecular complexity index is 782. The number of esters is 1. The van der Waals surface area contributed by atoms with E-state index in [-0.39, 0.29) is 22.5 Å². The highest BCUT2D eigenvalue weighted by molar-refractivity contribution is 8.02. The summed E-state index contributed by atoms with van der Waals surface area (Å²) in [6.07, 6.45) is -0.769. The molecular weight excluding hydrogens is 392 g/mol. The minimum atomic E-state index is -3.02. The lowest BCUT2D eigenvalue weighted by Crippen LogP contribution is -2.42. The van der Waals surface area contributed by atoms with Crippen molar-refractivity contribution in [1.29, 1.82) is 0 Å². The van der Waals surface area contributed by atoms with Gasteiger partial charge >= 0.3 is 12.0 Å². The van der Waals surface area contributed by atoms with E-state index in [1.54, 1.807) is 37.3 Å². The van der Waals surface area contributed by atoms with Gasteiger partial charge in [-0.25, -0.2) is 13.2 Å². The van der Waals surface area contributed by atoms with Crippen molar-refractivity contribution in [2.24, 2.45) is 0 Å². The predicted molar refractivity (Wildman–Crippen MR) is 102 cm³/mol. The summed E-state index contributed by atoms with van der Waals surface area (Å²) in [7, 11) is -3.02. The van der Waals surface area contributed by atoms with Gasteiger partial charge in [-0.15, -0.1) is 11.8 Å². The van der Waals surface area contributed by atoms with Gasteiger partial charge in [-0.1, -0.05) is 30.3 Å². The van der Waals surface area contributed by atoms with Crippen LogP contribution in [0.2, 0.25) is 0 Å². The van der Waals surface area contributed by atoms with E-state index in [1.807, 2.05) is 0 Å². The summed E-state index contributed by atoms with van der Waals surface area (Å²) in [6, 6.07) is 7.68. The van der Waals surface area contributed by atoms with Crippen LogP contribution in [-0.2, 0) is 24.2 Å². The number of carbonyl (C=O) groups is 3. The van der Waals surface area contributed by atoms with Crippen molar-refractivity contribution in [3.63, 3.8) is 0 Å². The van der Waals surface area contributed by atoms with Crippen molar-refractivity contribution < 1.29 is 27.5 Å². The first-order chi connectivity index (χ1) is 12.8. The monoisotopic (exact) mass is 414 g/mol. The van der Waals surface area contributed by atoms with Crippen LogP contribution in [0.3, 0.4) is 0 Å². The lowest BCUT2D eigenvalue weighted by Gasteiger charge is -2.18. The largest absolute Gasteiger partial charge is 0.447 e. The number of ether oxygens (including phenoxy) is 1. The SMILES string of the molecule is CCNC(=O)NC(=O)[C@@H](OC(=O)CS[C@H]1CCS(=O)(=O)C1)c1ccccc1. The van der Waals surface area contributed by atoms with Gasteiger partial charge in [0, 0.05) is 17.4 Å². The van der Waals surface area contributed by atoms with E-state index >= 15 is 0 Å². The summed E-state index contributed by atoms with van der Waals surface area (Å²) in [5.74, 6) is -1.30. The number of carbonyl (C=O) groups excluding carboxylic acids is 3. The van der Waals surface area contributed by atoms with E-state index in [2.05, 4.69) is 10.6 Å². The molecule has 2 rings (SSSR count). The first-order valence-electron chi connectivity index (χ1n) is 8.46. The van der Waals surface area contributed by atoms with Crippen molar-refractivity contribution in [3.8, 4) is 0 Å². The molecule has 0 aliphatic carbocycles. The van der Waals surface area contributed by atoms with Gasteiger partial charge in [-0.05, 0) is 13.3 Å². The molecule has 2 N–H and O–H groups in total. The molecule has 10 heteroatoms. The van der Waals surface area contributed by atoms with Gasteiger partial charge in [0.15, 0.2) is 9.84 Å². The minimum Gasteiger partial charge on any atom is -0.447 e. The zero-order chi connectivity index (χ0) is 19.9. The molecule has 1 aliphatic rings. The molecule has 0 aromatic heterocycles. The number of sulfone groups is 1. The van der Waals surface area contributed by atoms with E-state index in [0.29, 0.717) is 18.5 Å². The van der Waals surface area contributed by atoms with Crippen LogP contribution in [0.5, 0.6) is 0 Å². The fourth-order valence-electron chi connectivity index (χ4n) is 2.53. The summed E-state index contributed by atoms with van der Waals surface area (Å²) < 4.78 is 28.2. The molecule has 1 aromatic rings. The Balaban J connectivity index is 1.98. The van der Waals surface area contributed by atoms with Crippen molar-refractivity contribution in [3.05, 3.63) is 35.9 Å². The quantitative estimate of drug-likeness (QED) is 0.640. The molecule has 0 spiro atoms. The summed E-state index contributed by atoms with van der Waals surface area (Å²) >= 11 is 1.20. The van der Waals surface area contributed by atoms with Crippen molar-refractivity contribution >= 4 is 39.5 Å². The van der Waals surface area contributed by atoms with E-state index in [4.69, 9.17) is 4.74 Å². The molecule has 1 saturated heterocycles. The van der Waals surface area contributed by atoms with Gasteiger partial charge in [-0.3, -0.25) is 14.9 Å². The van der Waals surface area contributed by atoms with E-state index in [0.717, 1.165) is 0 Å². The Kier molecular flexibility index (Phi) is 7.66. The molecule has 0 unspecified atom stereocenters. The average Bonchev–Trinajstić information content (AvgIpc) is 2.97. The molecule has 8 nitrogen and oxygen atoms in total. The normalized spacial score (nSPS) is 19.1. The number of urea groups is 1. The van der Waals surface area contributed by atoms with E-state index in [9.17, 15) is 22.8 Å². The van der Waals surface area contributed by atoms with Crippen molar-refractivity contribution in [2.75, 3.05) is 23.8 Å². The highest BCUT2D eigenvalue weighted by Crippen LogP contribution is 2.25. The second kappa shape index (κ2) is 9.75. The summed E-state index contributed by atoms with van der Waals surface area (Å²) in [6.45, 7) is 2.05. The lowest BCUT2D eigenvalue weighted by molar-refractivity contribution is -0.153. The number of hydrogen-bond donors (Lipinski definition) is 2. The molecule has 3 amide bonds. The lowest BCUT2D eigenvalue weighted by atomic mass is 10.1. The molecule has 0 radical (unpaired) electrons. The first kappa shape index (κ1) is 21.2. The molecule has 1 aromatic carbocycles. The fraction of sp³-hybridized carbons (Fsp3) is 0.471. The van der Waals surface area contributed by atoms with Gasteiger partial charge in [0.25, 0.3) is 5.91 Å². The predicted octanol–water partition coefficient (Wildman–Crippen LogP) is 1.04. The molecule has 1 aliphatic heterocycles. The summed E-state index contributed by atoms with van der Waals surface area (Å²) in [5, 5.41) is 4.42. The Morgan fingerprint density at radius 2 is 1.96 bits per heavy atom. The van der Waals surface area contributed by atoms with Gasteiger partial charge in [0.1, 0.15) is 0 Å². The Labute approximate surface area is 162 Å². The van der Waals surface area contributed by atoms with Crippen LogP contribution in [0.1, 0.15) is 25.0 Å². The van der Waals surface area contributed by atoms with Crippen LogP contribution >= 0.6 is 11.8 Å². The number of thioether (sulfide) groups is 1. The first-order valence-corrected chi connectivity index (χ1v) is 11.3. The number of nitrogens with one attached hydrogen (secondary N) is 2. The Morgan fingerprint density at radius 1 is 1.26 bits per heavy atom. The zero-order valence-corrected chi connectivity index (χ0v) is 16.5. The molecule has 1 heterocycles. The van der Waals surface area contributed by atoms with Crippen LogP contribution in [0, 0.1) is 0 Å². The topological polar surface area (TPSA) is 119 Å². The highest BCUT2D eigenvalue weighted by atomic mass is 32.2. The summed E-state index contributed by atoms with van der Waals surface area (Å²) in [4.78, 5) is 36.2. The standard InChI is InChI=1S/C17H22N2O6S2/c1-2-18-17(22)19-16(21)15(12-6-4-3-5-7-12)25-14(20)10-26-13-8-9-27(23,24)11-13/h3-7,13,15H,2,8-11H2,1H3,(H2,18,19,21,22)/t13-,15-/m0/s1. The number of hydrogen-bond acceptors (Lipinski definition) is 7. The Hall–Kier alpha value is -2.07. The average molecular weight is 415 g/mol. The van der Waals surface area contributed by atoms with Gasteiger partial charge < -0.3 is 10.1 Å². The zero-order valence-electron chi connectivity index (χ0n) is 14.8. The van der Waals surface area contributed by atoms with Crippen LogP contribution in [-0.4, -0.2) is 55.4 Å². The van der Waals surface area contributed by atoms with Crippen LogP contribution in [0.15, 0.2) is 30.3 Å².